The first-order valence-electron chi connectivity index (χ1n) is 6.59. The Morgan fingerprint density at radius 1 is 1.11 bits per heavy atom. The van der Waals surface area contributed by atoms with Gasteiger partial charge in [-0.3, -0.25) is 0 Å². The summed E-state index contributed by atoms with van der Waals surface area (Å²) in [5.41, 5.74) is 0.486. The first-order valence-corrected chi connectivity index (χ1v) is 6.59. The average molecular weight is 248 g/mol. The fourth-order valence-electron chi connectivity index (χ4n) is 3.52. The quantitative estimate of drug-likeness (QED) is 0.575. The third-order valence-electron chi connectivity index (χ3n) is 3.67. The van der Waals surface area contributed by atoms with E-state index in [1.165, 1.54) is 0 Å². The summed E-state index contributed by atoms with van der Waals surface area (Å²) in [5.74, 6) is 0. The summed E-state index contributed by atoms with van der Waals surface area (Å²) in [6.45, 7) is 8.55. The summed E-state index contributed by atoms with van der Waals surface area (Å²) in [5, 5.41) is 23.8. The van der Waals surface area contributed by atoms with Gasteiger partial charge >= 0.3 is 0 Å². The van der Waals surface area contributed by atoms with E-state index in [9.17, 15) is 0 Å². The van der Waals surface area contributed by atoms with Crippen LogP contribution in [0.1, 0.15) is 40.0 Å². The molecular weight excluding hydrogens is 224 g/mol. The van der Waals surface area contributed by atoms with Gasteiger partial charge in [0, 0.05) is 12.6 Å². The van der Waals surface area contributed by atoms with E-state index in [0.29, 0.717) is 19.1 Å². The van der Waals surface area contributed by atoms with E-state index in [1.807, 2.05) is 0 Å². The molecule has 1 aliphatic rings. The number of nitrogens with one attached hydrogen (secondary N) is 2. The van der Waals surface area contributed by atoms with Gasteiger partial charge in [-0.1, -0.05) is 20.8 Å². The average Bonchev–Trinajstić information content (AvgIpc) is 2.24. The van der Waals surface area contributed by atoms with Crippen molar-refractivity contribution in [3.63, 3.8) is 0 Å². The van der Waals surface area contributed by atoms with E-state index in [2.05, 4.69) is 43.5 Å². The van der Waals surface area contributed by atoms with Gasteiger partial charge in [0.25, 0.3) is 0 Å². The molecule has 4 nitrogen and oxygen atoms in total. The summed E-state index contributed by atoms with van der Waals surface area (Å²) in [6, 6.07) is 4.68. The Morgan fingerprint density at radius 2 is 1.78 bits per heavy atom. The molecular formula is C14H24N4. The highest BCUT2D eigenvalue weighted by Crippen LogP contribution is 2.45. The molecule has 1 aliphatic carbocycles. The second kappa shape index (κ2) is 6.18. The molecule has 18 heavy (non-hydrogen) atoms. The normalized spacial score (nSPS) is 30.4. The maximum Gasteiger partial charge on any atom is 0.0843 e. The van der Waals surface area contributed by atoms with Gasteiger partial charge < -0.3 is 10.6 Å². The van der Waals surface area contributed by atoms with Crippen molar-refractivity contribution in [2.45, 2.75) is 46.1 Å². The van der Waals surface area contributed by atoms with Crippen molar-refractivity contribution in [3.05, 3.63) is 0 Å². The number of rotatable bonds is 5. The molecule has 1 rings (SSSR count). The molecule has 0 saturated heterocycles. The van der Waals surface area contributed by atoms with E-state index >= 15 is 0 Å². The topological polar surface area (TPSA) is 71.6 Å². The van der Waals surface area contributed by atoms with Crippen LogP contribution >= 0.6 is 0 Å². The van der Waals surface area contributed by atoms with Gasteiger partial charge in [0.05, 0.1) is 25.2 Å². The largest absolute Gasteiger partial charge is 0.304 e. The third kappa shape index (κ3) is 4.64. The lowest BCUT2D eigenvalue weighted by Crippen LogP contribution is -2.48. The Labute approximate surface area is 110 Å². The molecule has 0 amide bonds. The zero-order valence-electron chi connectivity index (χ0n) is 11.7. The Hall–Kier alpha value is -1.10. The van der Waals surface area contributed by atoms with E-state index in [1.54, 1.807) is 0 Å². The summed E-state index contributed by atoms with van der Waals surface area (Å²) >= 11 is 0. The van der Waals surface area contributed by atoms with Crippen LogP contribution in [0, 0.1) is 33.5 Å². The number of hydrogen-bond donors (Lipinski definition) is 2. The lowest BCUT2D eigenvalue weighted by molar-refractivity contribution is 0.0726. The highest BCUT2D eigenvalue weighted by atomic mass is 14.9. The highest BCUT2D eigenvalue weighted by Gasteiger charge is 2.40. The molecule has 2 N–H and O–H groups in total. The van der Waals surface area contributed by atoms with E-state index in [-0.39, 0.29) is 10.8 Å². The lowest BCUT2D eigenvalue weighted by Gasteiger charge is -2.47. The highest BCUT2D eigenvalue weighted by molar-refractivity contribution is 4.96. The molecule has 2 atom stereocenters. The minimum absolute atomic E-state index is 0.200. The lowest BCUT2D eigenvalue weighted by atomic mass is 9.62. The van der Waals surface area contributed by atoms with Gasteiger partial charge in [-0.25, -0.2) is 0 Å². The molecule has 0 aliphatic heterocycles. The van der Waals surface area contributed by atoms with Crippen LogP contribution in [0.5, 0.6) is 0 Å². The molecule has 2 unspecified atom stereocenters. The van der Waals surface area contributed by atoms with Crippen LogP contribution < -0.4 is 10.6 Å². The van der Waals surface area contributed by atoms with Crippen molar-refractivity contribution in [2.24, 2.45) is 10.8 Å². The van der Waals surface area contributed by atoms with Crippen LogP contribution in [-0.2, 0) is 0 Å². The fourth-order valence-corrected chi connectivity index (χ4v) is 3.52. The van der Waals surface area contributed by atoms with Crippen molar-refractivity contribution in [1.29, 1.82) is 10.5 Å². The SMILES string of the molecule is CC1(C)CC(NCC#N)CC(C)(CNCC#N)C1. The maximum atomic E-state index is 8.67. The zero-order chi connectivity index (χ0) is 13.6. The van der Waals surface area contributed by atoms with E-state index in [0.717, 1.165) is 25.8 Å². The monoisotopic (exact) mass is 248 g/mol. The van der Waals surface area contributed by atoms with Crippen LogP contribution in [0.2, 0.25) is 0 Å². The first kappa shape index (κ1) is 15.0. The Morgan fingerprint density at radius 3 is 2.39 bits per heavy atom. The van der Waals surface area contributed by atoms with Gasteiger partial charge in [0.2, 0.25) is 0 Å². The van der Waals surface area contributed by atoms with E-state index in [4.69, 9.17) is 10.5 Å². The van der Waals surface area contributed by atoms with Crippen molar-refractivity contribution in [3.8, 4) is 12.1 Å². The predicted molar refractivity (Wildman–Crippen MR) is 71.6 cm³/mol. The van der Waals surface area contributed by atoms with Crippen molar-refractivity contribution in [2.75, 3.05) is 19.6 Å². The predicted octanol–water partition coefficient (Wildman–Crippen LogP) is 1.80. The second-order valence-corrected chi connectivity index (χ2v) is 6.56. The van der Waals surface area contributed by atoms with Crippen molar-refractivity contribution >= 4 is 0 Å². The molecule has 100 valence electrons. The Bertz CT molecular complexity index is 350. The standard InChI is InChI=1S/C14H24N4/c1-13(2)8-12(18-7-5-16)9-14(3,10-13)11-17-6-4-15/h12,17-18H,6-11H2,1-3H3. The molecule has 1 saturated carbocycles. The van der Waals surface area contributed by atoms with Crippen molar-refractivity contribution < 1.29 is 0 Å². The molecule has 0 aromatic carbocycles. The van der Waals surface area contributed by atoms with Gasteiger partial charge in [-0.2, -0.15) is 10.5 Å². The second-order valence-electron chi connectivity index (χ2n) is 6.56. The molecule has 0 radical (unpaired) electrons. The molecule has 4 heteroatoms. The van der Waals surface area contributed by atoms with Crippen LogP contribution in [0.4, 0.5) is 0 Å². The van der Waals surface area contributed by atoms with Gasteiger partial charge in [0.1, 0.15) is 0 Å². The molecule has 0 bridgehead atoms. The molecule has 0 heterocycles. The van der Waals surface area contributed by atoms with Crippen LogP contribution in [0.25, 0.3) is 0 Å². The fraction of sp³-hybridized carbons (Fsp3) is 0.857. The van der Waals surface area contributed by atoms with Crippen LogP contribution in [0.15, 0.2) is 0 Å². The summed E-state index contributed by atoms with van der Waals surface area (Å²) in [6.07, 6.45) is 3.34. The molecule has 1 fully saturated rings. The molecule has 0 aromatic rings. The molecule has 0 aromatic heterocycles. The minimum Gasteiger partial charge on any atom is -0.304 e. The third-order valence-corrected chi connectivity index (χ3v) is 3.67. The zero-order valence-corrected chi connectivity index (χ0v) is 11.7. The minimum atomic E-state index is 0.200. The Kier molecular flexibility index (Phi) is 5.14. The number of nitrogens with zero attached hydrogens (tertiary/aromatic N) is 2. The van der Waals surface area contributed by atoms with Crippen LogP contribution in [0.3, 0.4) is 0 Å². The first-order chi connectivity index (χ1) is 8.41. The molecule has 0 spiro atoms. The number of nitriles is 2. The van der Waals surface area contributed by atoms with Gasteiger partial charge in [0.15, 0.2) is 0 Å². The van der Waals surface area contributed by atoms with Gasteiger partial charge in [-0.15, -0.1) is 0 Å². The van der Waals surface area contributed by atoms with Crippen molar-refractivity contribution in [1.82, 2.24) is 10.6 Å². The van der Waals surface area contributed by atoms with Crippen LogP contribution in [-0.4, -0.2) is 25.7 Å². The number of hydrogen-bond acceptors (Lipinski definition) is 4. The van der Waals surface area contributed by atoms with E-state index < -0.39 is 0 Å². The smallest absolute Gasteiger partial charge is 0.0843 e. The summed E-state index contributed by atoms with van der Waals surface area (Å²) in [4.78, 5) is 0. The Balaban J connectivity index is 2.61. The summed E-state index contributed by atoms with van der Waals surface area (Å²) in [7, 11) is 0. The summed E-state index contributed by atoms with van der Waals surface area (Å²) < 4.78 is 0. The van der Waals surface area contributed by atoms with Gasteiger partial charge in [-0.05, 0) is 30.1 Å². The maximum absolute atomic E-state index is 8.67.